The van der Waals surface area contributed by atoms with Gasteiger partial charge in [-0.25, -0.2) is 4.79 Å². The van der Waals surface area contributed by atoms with Gasteiger partial charge in [0.1, 0.15) is 0 Å². The van der Waals surface area contributed by atoms with Gasteiger partial charge < -0.3 is 14.9 Å². The third-order valence-corrected chi connectivity index (χ3v) is 0.935. The molecule has 0 aromatic carbocycles. The number of aliphatic hydroxyl groups excluding tert-OH is 1. The molecule has 1 unspecified atom stereocenters. The van der Waals surface area contributed by atoms with Crippen molar-refractivity contribution in [2.45, 2.75) is 26.1 Å². The van der Waals surface area contributed by atoms with E-state index < -0.39 is 18.2 Å². The maximum absolute atomic E-state index is 10.1. The van der Waals surface area contributed by atoms with Crippen LogP contribution >= 0.6 is 0 Å². The molecule has 4 heteroatoms. The van der Waals surface area contributed by atoms with Gasteiger partial charge in [0.05, 0.1) is 12.7 Å². The van der Waals surface area contributed by atoms with Crippen molar-refractivity contribution < 1.29 is 19.7 Å². The standard InChI is InChI=1S/C6H12O4/c1-4(7)3-10-5(2)6(8)9/h4-5,7H,3H2,1-2H3,(H,8,9)/t4?,5-/m0/s1. The van der Waals surface area contributed by atoms with E-state index in [0.717, 1.165) is 0 Å². The van der Waals surface area contributed by atoms with Gasteiger partial charge in [-0.1, -0.05) is 0 Å². The minimum Gasteiger partial charge on any atom is -0.479 e. The number of carboxylic acid groups (broad SMARTS) is 1. The first kappa shape index (κ1) is 9.39. The topological polar surface area (TPSA) is 66.8 Å². The van der Waals surface area contributed by atoms with Crippen LogP contribution in [0.2, 0.25) is 0 Å². The van der Waals surface area contributed by atoms with Crippen molar-refractivity contribution in [2.24, 2.45) is 0 Å². The normalized spacial score (nSPS) is 16.3. The Bertz CT molecular complexity index is 110. The summed E-state index contributed by atoms with van der Waals surface area (Å²) in [6.45, 7) is 3.02. The van der Waals surface area contributed by atoms with Crippen molar-refractivity contribution in [3.63, 3.8) is 0 Å². The molecular formula is C6H12O4. The van der Waals surface area contributed by atoms with Crippen molar-refractivity contribution in [2.75, 3.05) is 6.61 Å². The highest BCUT2D eigenvalue weighted by Crippen LogP contribution is 1.91. The van der Waals surface area contributed by atoms with Gasteiger partial charge in [0.15, 0.2) is 6.10 Å². The lowest BCUT2D eigenvalue weighted by Gasteiger charge is -2.08. The van der Waals surface area contributed by atoms with Gasteiger partial charge in [-0.05, 0) is 13.8 Å². The van der Waals surface area contributed by atoms with Gasteiger partial charge in [0, 0.05) is 0 Å². The lowest BCUT2D eigenvalue weighted by atomic mass is 10.4. The fraction of sp³-hybridized carbons (Fsp3) is 0.833. The molecule has 0 bridgehead atoms. The molecule has 60 valence electrons. The average Bonchev–Trinajstić information content (AvgIpc) is 1.82. The van der Waals surface area contributed by atoms with Crippen LogP contribution in [0.15, 0.2) is 0 Å². The summed E-state index contributed by atoms with van der Waals surface area (Å²) in [6.07, 6.45) is -1.45. The van der Waals surface area contributed by atoms with Crippen LogP contribution in [0.4, 0.5) is 0 Å². The molecule has 0 aliphatic heterocycles. The molecule has 0 saturated heterocycles. The number of carbonyl (C=O) groups is 1. The molecule has 0 rings (SSSR count). The molecule has 10 heavy (non-hydrogen) atoms. The van der Waals surface area contributed by atoms with E-state index in [1.807, 2.05) is 0 Å². The number of hydrogen-bond donors (Lipinski definition) is 2. The van der Waals surface area contributed by atoms with Crippen LogP contribution in [-0.2, 0) is 9.53 Å². The van der Waals surface area contributed by atoms with Crippen LogP contribution in [0.5, 0.6) is 0 Å². The lowest BCUT2D eigenvalue weighted by Crippen LogP contribution is -2.24. The number of rotatable bonds is 4. The molecule has 0 amide bonds. The van der Waals surface area contributed by atoms with E-state index in [2.05, 4.69) is 0 Å². The monoisotopic (exact) mass is 148 g/mol. The molecule has 2 N–H and O–H groups in total. The molecule has 0 heterocycles. The van der Waals surface area contributed by atoms with Gasteiger partial charge in [0.2, 0.25) is 0 Å². The summed E-state index contributed by atoms with van der Waals surface area (Å²) in [5.74, 6) is -1.01. The zero-order chi connectivity index (χ0) is 8.15. The Kier molecular flexibility index (Phi) is 3.99. The molecule has 0 radical (unpaired) electrons. The Labute approximate surface area is 59.4 Å². The summed E-state index contributed by atoms with van der Waals surface area (Å²) < 4.78 is 4.72. The summed E-state index contributed by atoms with van der Waals surface area (Å²) in [5, 5.41) is 17.0. The third-order valence-electron chi connectivity index (χ3n) is 0.935. The fourth-order valence-corrected chi connectivity index (χ4v) is 0.355. The summed E-state index contributed by atoms with van der Waals surface area (Å²) in [7, 11) is 0. The number of aliphatic carboxylic acids is 1. The quantitative estimate of drug-likeness (QED) is 0.582. The summed E-state index contributed by atoms with van der Waals surface area (Å²) in [6, 6.07) is 0. The fourth-order valence-electron chi connectivity index (χ4n) is 0.355. The summed E-state index contributed by atoms with van der Waals surface area (Å²) in [4.78, 5) is 10.1. The van der Waals surface area contributed by atoms with Crippen molar-refractivity contribution in [3.8, 4) is 0 Å². The average molecular weight is 148 g/mol. The second-order valence-corrected chi connectivity index (χ2v) is 2.16. The zero-order valence-electron chi connectivity index (χ0n) is 6.07. The Morgan fingerprint density at radius 1 is 1.60 bits per heavy atom. The predicted octanol–water partition coefficient (Wildman–Crippen LogP) is -0.143. The molecule has 2 atom stereocenters. The molecule has 4 nitrogen and oxygen atoms in total. The van der Waals surface area contributed by atoms with Crippen LogP contribution in [-0.4, -0.2) is 35.0 Å². The maximum atomic E-state index is 10.1. The zero-order valence-corrected chi connectivity index (χ0v) is 6.07. The summed E-state index contributed by atoms with van der Waals surface area (Å²) >= 11 is 0. The van der Waals surface area contributed by atoms with Gasteiger partial charge in [0.25, 0.3) is 0 Å². The van der Waals surface area contributed by atoms with Gasteiger partial charge in [-0.3, -0.25) is 0 Å². The van der Waals surface area contributed by atoms with Gasteiger partial charge >= 0.3 is 5.97 Å². The van der Waals surface area contributed by atoms with Crippen molar-refractivity contribution in [3.05, 3.63) is 0 Å². The number of aliphatic hydroxyl groups is 1. The highest BCUT2D eigenvalue weighted by molar-refractivity contribution is 5.71. The Balaban J connectivity index is 3.40. The highest BCUT2D eigenvalue weighted by Gasteiger charge is 2.11. The second-order valence-electron chi connectivity index (χ2n) is 2.16. The second kappa shape index (κ2) is 4.24. The van der Waals surface area contributed by atoms with Crippen molar-refractivity contribution in [1.82, 2.24) is 0 Å². The number of hydrogen-bond acceptors (Lipinski definition) is 3. The van der Waals surface area contributed by atoms with Crippen molar-refractivity contribution in [1.29, 1.82) is 0 Å². The van der Waals surface area contributed by atoms with Crippen LogP contribution in [0.3, 0.4) is 0 Å². The van der Waals surface area contributed by atoms with E-state index in [0.29, 0.717) is 0 Å². The van der Waals surface area contributed by atoms with Crippen LogP contribution in [0.1, 0.15) is 13.8 Å². The van der Waals surface area contributed by atoms with Crippen LogP contribution in [0.25, 0.3) is 0 Å². The van der Waals surface area contributed by atoms with Crippen molar-refractivity contribution >= 4 is 5.97 Å². The Morgan fingerprint density at radius 3 is 2.40 bits per heavy atom. The molecule has 0 aromatic heterocycles. The number of carboxylic acids is 1. The van der Waals surface area contributed by atoms with Gasteiger partial charge in [-0.15, -0.1) is 0 Å². The smallest absolute Gasteiger partial charge is 0.332 e. The first-order valence-electron chi connectivity index (χ1n) is 3.06. The van der Waals surface area contributed by atoms with E-state index in [1.54, 1.807) is 0 Å². The van der Waals surface area contributed by atoms with E-state index in [1.165, 1.54) is 13.8 Å². The minimum absolute atomic E-state index is 0.0630. The Morgan fingerprint density at radius 2 is 2.10 bits per heavy atom. The SMILES string of the molecule is CC(O)CO[C@@H](C)C(=O)O. The Hall–Kier alpha value is -0.610. The minimum atomic E-state index is -1.01. The van der Waals surface area contributed by atoms with E-state index in [4.69, 9.17) is 14.9 Å². The summed E-state index contributed by atoms with van der Waals surface area (Å²) in [5.41, 5.74) is 0. The van der Waals surface area contributed by atoms with E-state index >= 15 is 0 Å². The van der Waals surface area contributed by atoms with Crippen LogP contribution in [0, 0.1) is 0 Å². The molecular weight excluding hydrogens is 136 g/mol. The van der Waals surface area contributed by atoms with E-state index in [-0.39, 0.29) is 6.61 Å². The van der Waals surface area contributed by atoms with Crippen LogP contribution < -0.4 is 0 Å². The van der Waals surface area contributed by atoms with E-state index in [9.17, 15) is 4.79 Å². The first-order chi connectivity index (χ1) is 4.54. The maximum Gasteiger partial charge on any atom is 0.332 e. The molecule has 0 aliphatic carbocycles. The molecule has 0 aliphatic rings. The highest BCUT2D eigenvalue weighted by atomic mass is 16.5. The number of ether oxygens (including phenoxy) is 1. The predicted molar refractivity (Wildman–Crippen MR) is 34.7 cm³/mol. The van der Waals surface area contributed by atoms with Gasteiger partial charge in [-0.2, -0.15) is 0 Å². The lowest BCUT2D eigenvalue weighted by molar-refractivity contribution is -0.150. The molecule has 0 saturated carbocycles. The molecule has 0 spiro atoms. The first-order valence-corrected chi connectivity index (χ1v) is 3.06. The molecule has 0 aromatic rings. The largest absolute Gasteiger partial charge is 0.479 e. The molecule has 0 fully saturated rings. The third kappa shape index (κ3) is 4.29.